The summed E-state index contributed by atoms with van der Waals surface area (Å²) in [6.45, 7) is 8.86. The third-order valence-corrected chi connectivity index (χ3v) is 4.36. The molecule has 1 aliphatic heterocycles. The van der Waals surface area contributed by atoms with E-state index in [1.54, 1.807) is 11.3 Å². The maximum atomic E-state index is 5.68. The van der Waals surface area contributed by atoms with Crippen LogP contribution in [0, 0.1) is 0 Å². The van der Waals surface area contributed by atoms with Crippen molar-refractivity contribution in [2.45, 2.75) is 32.7 Å². The first kappa shape index (κ1) is 13.7. The van der Waals surface area contributed by atoms with Gasteiger partial charge in [-0.3, -0.25) is 0 Å². The van der Waals surface area contributed by atoms with Crippen molar-refractivity contribution < 1.29 is 9.47 Å². The van der Waals surface area contributed by atoms with Crippen LogP contribution in [0.1, 0.15) is 26.3 Å². The zero-order valence-electron chi connectivity index (χ0n) is 12.3. The van der Waals surface area contributed by atoms with Crippen LogP contribution in [-0.4, -0.2) is 25.3 Å². The number of hydrogen-bond acceptors (Lipinski definition) is 4. The number of fused-ring (bicyclic) bond motifs is 2. The van der Waals surface area contributed by atoms with Crippen LogP contribution in [0.2, 0.25) is 0 Å². The molecule has 3 rings (SSSR count). The summed E-state index contributed by atoms with van der Waals surface area (Å²) in [5.41, 5.74) is 1.56. The van der Waals surface area contributed by atoms with Crippen LogP contribution in [0.25, 0.3) is 10.1 Å². The second-order valence-electron chi connectivity index (χ2n) is 6.18. The lowest BCUT2D eigenvalue weighted by Gasteiger charge is -2.20. The van der Waals surface area contributed by atoms with Gasteiger partial charge in [-0.2, -0.15) is 0 Å². The lowest BCUT2D eigenvalue weighted by molar-refractivity contribution is 0.172. The largest absolute Gasteiger partial charge is 0.486 e. The van der Waals surface area contributed by atoms with Gasteiger partial charge in [0.2, 0.25) is 0 Å². The van der Waals surface area contributed by atoms with Crippen molar-refractivity contribution in [2.24, 2.45) is 0 Å². The second-order valence-corrected chi connectivity index (χ2v) is 7.09. The molecule has 0 unspecified atom stereocenters. The Kier molecular flexibility index (Phi) is 3.61. The molecule has 20 heavy (non-hydrogen) atoms. The molecule has 0 radical (unpaired) electrons. The molecule has 108 valence electrons. The standard InChI is InChI=1S/C16H21NO2S/c1-16(2,3)17-5-4-11-10-20-15-9-14-13(8-12(11)15)18-6-7-19-14/h8-10,17H,4-7H2,1-3H3. The van der Waals surface area contributed by atoms with Gasteiger partial charge in [0.25, 0.3) is 0 Å². The molecule has 0 amide bonds. The monoisotopic (exact) mass is 291 g/mol. The predicted octanol–water partition coefficient (Wildman–Crippen LogP) is 3.60. The lowest BCUT2D eigenvalue weighted by Crippen LogP contribution is -2.37. The van der Waals surface area contributed by atoms with Crippen LogP contribution in [0.5, 0.6) is 11.5 Å². The minimum absolute atomic E-state index is 0.169. The topological polar surface area (TPSA) is 30.5 Å². The van der Waals surface area contributed by atoms with Gasteiger partial charge >= 0.3 is 0 Å². The van der Waals surface area contributed by atoms with Crippen molar-refractivity contribution in [3.63, 3.8) is 0 Å². The fourth-order valence-corrected chi connectivity index (χ4v) is 3.39. The van der Waals surface area contributed by atoms with E-state index in [1.165, 1.54) is 15.6 Å². The Morgan fingerprint density at radius 1 is 1.15 bits per heavy atom. The molecule has 0 bridgehead atoms. The molecule has 4 heteroatoms. The number of nitrogens with one attached hydrogen (secondary N) is 1. The highest BCUT2D eigenvalue weighted by molar-refractivity contribution is 7.17. The van der Waals surface area contributed by atoms with Crippen LogP contribution in [-0.2, 0) is 6.42 Å². The van der Waals surface area contributed by atoms with Crippen LogP contribution in [0.15, 0.2) is 17.5 Å². The Balaban J connectivity index is 1.82. The van der Waals surface area contributed by atoms with E-state index < -0.39 is 0 Å². The smallest absolute Gasteiger partial charge is 0.162 e. The van der Waals surface area contributed by atoms with Gasteiger partial charge in [-0.15, -0.1) is 11.3 Å². The summed E-state index contributed by atoms with van der Waals surface area (Å²) in [7, 11) is 0. The summed E-state index contributed by atoms with van der Waals surface area (Å²) in [5, 5.41) is 7.09. The van der Waals surface area contributed by atoms with Gasteiger partial charge in [0, 0.05) is 16.3 Å². The Labute approximate surface area is 123 Å². The molecule has 2 aromatic rings. The number of benzene rings is 1. The molecule has 1 aliphatic rings. The summed E-state index contributed by atoms with van der Waals surface area (Å²) in [5.74, 6) is 1.76. The van der Waals surface area contributed by atoms with E-state index in [2.05, 4.69) is 43.6 Å². The lowest BCUT2D eigenvalue weighted by atomic mass is 10.1. The average molecular weight is 291 g/mol. The molecule has 1 N–H and O–H groups in total. The minimum atomic E-state index is 0.169. The highest BCUT2D eigenvalue weighted by Crippen LogP contribution is 2.38. The van der Waals surface area contributed by atoms with E-state index >= 15 is 0 Å². The summed E-state index contributed by atoms with van der Waals surface area (Å²) in [4.78, 5) is 0. The third-order valence-electron chi connectivity index (χ3n) is 3.37. The average Bonchev–Trinajstić information content (AvgIpc) is 2.77. The van der Waals surface area contributed by atoms with Crippen molar-refractivity contribution >= 4 is 21.4 Å². The number of ether oxygens (including phenoxy) is 2. The SMILES string of the molecule is CC(C)(C)NCCc1csc2cc3c(cc12)OCCO3. The number of thiophene rings is 1. The van der Waals surface area contributed by atoms with E-state index in [4.69, 9.17) is 9.47 Å². The van der Waals surface area contributed by atoms with Crippen LogP contribution < -0.4 is 14.8 Å². The Morgan fingerprint density at radius 2 is 1.85 bits per heavy atom. The van der Waals surface area contributed by atoms with Crippen molar-refractivity contribution in [3.05, 3.63) is 23.1 Å². The zero-order valence-corrected chi connectivity index (χ0v) is 13.1. The molecule has 0 atom stereocenters. The molecule has 3 nitrogen and oxygen atoms in total. The second kappa shape index (κ2) is 5.26. The molecular formula is C16H21NO2S. The number of rotatable bonds is 3. The highest BCUT2D eigenvalue weighted by atomic mass is 32.1. The summed E-state index contributed by atoms with van der Waals surface area (Å²) < 4.78 is 12.6. The third kappa shape index (κ3) is 2.91. The summed E-state index contributed by atoms with van der Waals surface area (Å²) in [6.07, 6.45) is 1.04. The van der Waals surface area contributed by atoms with Gasteiger partial charge in [0.1, 0.15) is 13.2 Å². The molecule has 1 aromatic carbocycles. The van der Waals surface area contributed by atoms with Crippen LogP contribution in [0.3, 0.4) is 0 Å². The van der Waals surface area contributed by atoms with Gasteiger partial charge in [-0.25, -0.2) is 0 Å². The van der Waals surface area contributed by atoms with Crippen LogP contribution in [0.4, 0.5) is 0 Å². The molecule has 1 aromatic heterocycles. The highest BCUT2D eigenvalue weighted by Gasteiger charge is 2.15. The van der Waals surface area contributed by atoms with Crippen LogP contribution >= 0.6 is 11.3 Å². The van der Waals surface area contributed by atoms with Gasteiger partial charge in [-0.1, -0.05) is 0 Å². The van der Waals surface area contributed by atoms with E-state index in [9.17, 15) is 0 Å². The normalized spacial score (nSPS) is 14.8. The zero-order chi connectivity index (χ0) is 14.2. The van der Waals surface area contributed by atoms with E-state index in [0.717, 1.165) is 24.5 Å². The van der Waals surface area contributed by atoms with Crippen molar-refractivity contribution in [1.82, 2.24) is 5.32 Å². The van der Waals surface area contributed by atoms with E-state index in [1.807, 2.05) is 0 Å². The van der Waals surface area contributed by atoms with Crippen molar-refractivity contribution in [1.29, 1.82) is 0 Å². The predicted molar refractivity (Wildman–Crippen MR) is 84.3 cm³/mol. The first-order chi connectivity index (χ1) is 9.53. The maximum absolute atomic E-state index is 5.68. The number of hydrogen-bond donors (Lipinski definition) is 1. The molecular weight excluding hydrogens is 270 g/mol. The van der Waals surface area contributed by atoms with Crippen molar-refractivity contribution in [3.8, 4) is 11.5 Å². The fraction of sp³-hybridized carbons (Fsp3) is 0.500. The summed E-state index contributed by atoms with van der Waals surface area (Å²) >= 11 is 1.78. The maximum Gasteiger partial charge on any atom is 0.162 e. The molecule has 0 saturated carbocycles. The molecule has 0 fully saturated rings. The first-order valence-corrected chi connectivity index (χ1v) is 7.96. The van der Waals surface area contributed by atoms with Crippen molar-refractivity contribution in [2.75, 3.05) is 19.8 Å². The quantitative estimate of drug-likeness (QED) is 0.937. The molecule has 0 saturated heterocycles. The Bertz CT molecular complexity index is 613. The van der Waals surface area contributed by atoms with E-state index in [0.29, 0.717) is 13.2 Å². The molecule has 0 aliphatic carbocycles. The summed E-state index contributed by atoms with van der Waals surface area (Å²) in [6, 6.07) is 4.24. The Hall–Kier alpha value is -1.26. The van der Waals surface area contributed by atoms with E-state index in [-0.39, 0.29) is 5.54 Å². The van der Waals surface area contributed by atoms with Gasteiger partial charge in [0.15, 0.2) is 11.5 Å². The Morgan fingerprint density at radius 3 is 2.55 bits per heavy atom. The first-order valence-electron chi connectivity index (χ1n) is 7.08. The molecule has 0 spiro atoms. The van der Waals surface area contributed by atoms with Gasteiger partial charge in [-0.05, 0) is 56.1 Å². The minimum Gasteiger partial charge on any atom is -0.486 e. The van der Waals surface area contributed by atoms with Gasteiger partial charge < -0.3 is 14.8 Å². The fourth-order valence-electron chi connectivity index (χ4n) is 2.38. The van der Waals surface area contributed by atoms with Gasteiger partial charge in [0.05, 0.1) is 0 Å². The molecule has 2 heterocycles.